The number of carbonyl (C=O) groups excluding carboxylic acids is 1. The molecule has 1 aromatic carbocycles. The van der Waals surface area contributed by atoms with Crippen LogP contribution in [0.1, 0.15) is 13.8 Å². The number of hydrogen-bond acceptors (Lipinski definition) is 5. The van der Waals surface area contributed by atoms with Crippen molar-refractivity contribution in [1.82, 2.24) is 0 Å². The molecule has 106 valence electrons. The first kappa shape index (κ1) is 15.6. The number of phosphoric acid groups is 1. The third kappa shape index (κ3) is 4.98. The molecule has 0 aliphatic rings. The molecule has 0 aromatic heterocycles. The first-order chi connectivity index (χ1) is 8.71. The van der Waals surface area contributed by atoms with E-state index >= 15 is 0 Å². The summed E-state index contributed by atoms with van der Waals surface area (Å²) < 4.78 is 33.1. The highest BCUT2D eigenvalue weighted by Gasteiger charge is 2.32. The molecular formula is C11H15FNO5P. The Balaban J connectivity index is 2.69. The lowest BCUT2D eigenvalue weighted by atomic mass is 10.1. The van der Waals surface area contributed by atoms with Crippen LogP contribution in [0.4, 0.5) is 4.39 Å². The van der Waals surface area contributed by atoms with Crippen molar-refractivity contribution in [3.8, 4) is 5.75 Å². The molecule has 0 aliphatic heterocycles. The molecule has 8 heteroatoms. The van der Waals surface area contributed by atoms with Crippen LogP contribution >= 0.6 is 7.82 Å². The maximum atomic E-state index is 12.6. The smallest absolute Gasteiger partial charge is 0.395 e. The van der Waals surface area contributed by atoms with E-state index in [1.807, 2.05) is 0 Å². The predicted octanol–water partition coefficient (Wildman–Crippen LogP) is 1.83. The van der Waals surface area contributed by atoms with Gasteiger partial charge in [-0.15, -0.1) is 0 Å². The third-order valence-corrected chi connectivity index (χ3v) is 3.08. The molecule has 0 aliphatic carbocycles. The van der Waals surface area contributed by atoms with Gasteiger partial charge in [0.15, 0.2) is 0 Å². The number of hydrogen-bond donors (Lipinski definition) is 2. The minimum Gasteiger partial charge on any atom is -0.395 e. The summed E-state index contributed by atoms with van der Waals surface area (Å²) in [5, 5.41) is 0. The Morgan fingerprint density at radius 2 is 1.89 bits per heavy atom. The van der Waals surface area contributed by atoms with Crippen molar-refractivity contribution < 1.29 is 27.7 Å². The van der Waals surface area contributed by atoms with E-state index in [0.717, 1.165) is 24.3 Å². The predicted molar refractivity (Wildman–Crippen MR) is 65.8 cm³/mol. The fourth-order valence-electron chi connectivity index (χ4n) is 1.09. The zero-order valence-electron chi connectivity index (χ0n) is 10.4. The molecule has 0 radical (unpaired) electrons. The Kier molecular flexibility index (Phi) is 5.05. The van der Waals surface area contributed by atoms with Crippen LogP contribution in [0.2, 0.25) is 0 Å². The molecule has 19 heavy (non-hydrogen) atoms. The lowest BCUT2D eigenvalue weighted by Gasteiger charge is -2.17. The molecule has 0 bridgehead atoms. The zero-order chi connectivity index (χ0) is 14.6. The minimum absolute atomic E-state index is 0.0989. The Labute approximate surface area is 109 Å². The molecule has 3 N–H and O–H groups in total. The van der Waals surface area contributed by atoms with Gasteiger partial charge in [-0.3, -0.25) is 4.89 Å². The third-order valence-electron chi connectivity index (χ3n) is 2.23. The summed E-state index contributed by atoms with van der Waals surface area (Å²) in [6, 6.07) is 3.31. The topological polar surface area (TPSA) is 98.9 Å². The largest absolute Gasteiger partial charge is 0.587 e. The van der Waals surface area contributed by atoms with E-state index in [-0.39, 0.29) is 11.7 Å². The molecule has 0 heterocycles. The standard InChI is InChI=1S/C11H15FNO5P/c1-7(2)10(13)11(14)18-19(15,16)17-9-5-3-8(12)4-6-9/h3-7,10H,13H2,1-2H3,(H,15,16)/t10-/m0/s1. The highest BCUT2D eigenvalue weighted by atomic mass is 31.2. The van der Waals surface area contributed by atoms with Gasteiger partial charge in [0.2, 0.25) is 0 Å². The van der Waals surface area contributed by atoms with Crippen LogP contribution in [0.5, 0.6) is 5.75 Å². The number of halogens is 1. The molecule has 6 nitrogen and oxygen atoms in total. The van der Waals surface area contributed by atoms with E-state index < -0.39 is 25.7 Å². The van der Waals surface area contributed by atoms with Gasteiger partial charge >= 0.3 is 13.8 Å². The molecule has 1 aromatic rings. The first-order valence-electron chi connectivity index (χ1n) is 5.48. The van der Waals surface area contributed by atoms with Gasteiger partial charge in [-0.1, -0.05) is 13.8 Å². The van der Waals surface area contributed by atoms with Crippen molar-refractivity contribution in [3.05, 3.63) is 30.1 Å². The second-order valence-corrected chi connectivity index (χ2v) is 5.50. The number of nitrogens with two attached hydrogens (primary N) is 1. The molecule has 0 saturated heterocycles. The van der Waals surface area contributed by atoms with Crippen LogP contribution in [0.3, 0.4) is 0 Å². The van der Waals surface area contributed by atoms with Crippen LogP contribution in [0.15, 0.2) is 24.3 Å². The number of carbonyl (C=O) groups is 1. The Hall–Kier alpha value is -1.43. The van der Waals surface area contributed by atoms with E-state index in [0.29, 0.717) is 0 Å². The summed E-state index contributed by atoms with van der Waals surface area (Å²) in [5.41, 5.74) is 5.47. The monoisotopic (exact) mass is 291 g/mol. The van der Waals surface area contributed by atoms with Crippen molar-refractivity contribution in [2.75, 3.05) is 0 Å². The summed E-state index contributed by atoms with van der Waals surface area (Å²) in [7, 11) is -4.63. The SMILES string of the molecule is CC(C)[C@H](N)C(=O)OP(=O)(O)Oc1ccc(F)cc1. The van der Waals surface area contributed by atoms with Crippen molar-refractivity contribution in [1.29, 1.82) is 0 Å². The molecule has 0 saturated carbocycles. The quantitative estimate of drug-likeness (QED) is 0.803. The molecule has 1 unspecified atom stereocenters. The van der Waals surface area contributed by atoms with Gasteiger partial charge in [0, 0.05) is 0 Å². The Morgan fingerprint density at radius 3 is 2.37 bits per heavy atom. The van der Waals surface area contributed by atoms with E-state index in [1.54, 1.807) is 13.8 Å². The summed E-state index contributed by atoms with van der Waals surface area (Å²) in [6.45, 7) is 3.32. The van der Waals surface area contributed by atoms with Crippen LogP contribution < -0.4 is 10.3 Å². The molecule has 0 fully saturated rings. The number of benzene rings is 1. The van der Waals surface area contributed by atoms with Crippen molar-refractivity contribution >= 4 is 13.8 Å². The van der Waals surface area contributed by atoms with E-state index in [9.17, 15) is 18.6 Å². The molecule has 0 amide bonds. The summed E-state index contributed by atoms with van der Waals surface area (Å²) in [4.78, 5) is 20.8. The number of rotatable bonds is 5. The van der Waals surface area contributed by atoms with Gasteiger partial charge < -0.3 is 14.8 Å². The van der Waals surface area contributed by atoms with E-state index in [1.165, 1.54) is 0 Å². The second-order valence-electron chi connectivity index (χ2n) is 4.19. The normalized spacial score (nSPS) is 15.7. The molecule has 2 atom stereocenters. The highest BCUT2D eigenvalue weighted by Crippen LogP contribution is 2.44. The van der Waals surface area contributed by atoms with E-state index in [2.05, 4.69) is 9.05 Å². The fraction of sp³-hybridized carbons (Fsp3) is 0.364. The summed E-state index contributed by atoms with van der Waals surface area (Å²) in [6.07, 6.45) is 0. The first-order valence-corrected chi connectivity index (χ1v) is 6.98. The second kappa shape index (κ2) is 6.14. The average Bonchev–Trinajstić information content (AvgIpc) is 2.30. The molecular weight excluding hydrogens is 276 g/mol. The van der Waals surface area contributed by atoms with E-state index in [4.69, 9.17) is 5.73 Å². The Bertz CT molecular complexity index is 490. The zero-order valence-corrected chi connectivity index (χ0v) is 11.3. The van der Waals surface area contributed by atoms with Gasteiger partial charge in [-0.25, -0.2) is 13.8 Å². The van der Waals surface area contributed by atoms with Crippen LogP contribution in [-0.2, 0) is 13.9 Å². The molecule has 0 spiro atoms. The van der Waals surface area contributed by atoms with Crippen molar-refractivity contribution in [3.63, 3.8) is 0 Å². The van der Waals surface area contributed by atoms with Crippen LogP contribution in [-0.4, -0.2) is 16.9 Å². The maximum absolute atomic E-state index is 12.6. The number of phosphoric ester groups is 1. The summed E-state index contributed by atoms with van der Waals surface area (Å²) >= 11 is 0. The lowest BCUT2D eigenvalue weighted by molar-refractivity contribution is -0.138. The van der Waals surface area contributed by atoms with Gasteiger partial charge in [0.05, 0.1) is 0 Å². The van der Waals surface area contributed by atoms with Gasteiger partial charge in [-0.2, -0.15) is 0 Å². The average molecular weight is 291 g/mol. The maximum Gasteiger partial charge on any atom is 0.587 e. The van der Waals surface area contributed by atoms with Gasteiger partial charge in [0.25, 0.3) is 0 Å². The van der Waals surface area contributed by atoms with Gasteiger partial charge in [0.1, 0.15) is 17.6 Å². The fourth-order valence-corrected chi connectivity index (χ4v) is 1.87. The van der Waals surface area contributed by atoms with Crippen molar-refractivity contribution in [2.45, 2.75) is 19.9 Å². The van der Waals surface area contributed by atoms with Crippen LogP contribution in [0.25, 0.3) is 0 Å². The summed E-state index contributed by atoms with van der Waals surface area (Å²) in [5.74, 6) is -1.92. The van der Waals surface area contributed by atoms with Crippen LogP contribution in [0, 0.1) is 11.7 Å². The molecule has 1 rings (SSSR count). The van der Waals surface area contributed by atoms with Crippen molar-refractivity contribution in [2.24, 2.45) is 11.7 Å². The minimum atomic E-state index is -4.63. The highest BCUT2D eigenvalue weighted by molar-refractivity contribution is 7.48. The Morgan fingerprint density at radius 1 is 1.37 bits per heavy atom. The lowest BCUT2D eigenvalue weighted by Crippen LogP contribution is -2.36. The van der Waals surface area contributed by atoms with Gasteiger partial charge in [-0.05, 0) is 30.2 Å².